The highest BCUT2D eigenvalue weighted by Gasteiger charge is 2.50. The molecule has 2 saturated heterocycles. The van der Waals surface area contributed by atoms with E-state index in [1.165, 1.54) is 4.90 Å². The second-order valence-electron chi connectivity index (χ2n) is 8.12. The number of pyridine rings is 1. The van der Waals surface area contributed by atoms with Crippen molar-refractivity contribution in [2.24, 2.45) is 0 Å². The van der Waals surface area contributed by atoms with Gasteiger partial charge in [-0.2, -0.15) is 0 Å². The summed E-state index contributed by atoms with van der Waals surface area (Å²) in [4.78, 5) is 43.8. The molecule has 1 aromatic carbocycles. The van der Waals surface area contributed by atoms with Crippen LogP contribution in [0.3, 0.4) is 0 Å². The predicted octanol–water partition coefficient (Wildman–Crippen LogP) is 5.14. The van der Waals surface area contributed by atoms with Gasteiger partial charge in [0.05, 0.1) is 16.2 Å². The fourth-order valence-electron chi connectivity index (χ4n) is 4.68. The number of carbonyl (C=O) groups excluding carboxylic acids is 3. The van der Waals surface area contributed by atoms with Crippen LogP contribution in [0.25, 0.3) is 11.1 Å². The number of cyclic esters (lactones) is 1. The molecule has 1 N–H and O–H groups in total. The van der Waals surface area contributed by atoms with Gasteiger partial charge in [0.1, 0.15) is 12.4 Å². The smallest absolute Gasteiger partial charge is 0.416 e. The number of carbonyl (C=O) groups is 3. The van der Waals surface area contributed by atoms with Crippen LogP contribution in [0.15, 0.2) is 36.5 Å². The Hall–Kier alpha value is -3.13. The van der Waals surface area contributed by atoms with Crippen molar-refractivity contribution < 1.29 is 19.1 Å². The number of nitrogens with one attached hydrogen (secondary N) is 1. The number of rotatable bonds is 3. The van der Waals surface area contributed by atoms with Crippen molar-refractivity contribution in [1.82, 2.24) is 10.3 Å². The van der Waals surface area contributed by atoms with E-state index in [1.807, 2.05) is 26.0 Å². The van der Waals surface area contributed by atoms with Crippen molar-refractivity contribution in [3.8, 4) is 11.1 Å². The zero-order chi connectivity index (χ0) is 23.6. The summed E-state index contributed by atoms with van der Waals surface area (Å²) in [5.41, 5.74) is 1.71. The molecule has 0 unspecified atom stereocenters. The number of hydrogen-bond donors (Lipinski definition) is 1. The number of aromatic nitrogens is 1. The van der Waals surface area contributed by atoms with Gasteiger partial charge >= 0.3 is 12.1 Å². The lowest BCUT2D eigenvalue weighted by molar-refractivity contribution is -0.120. The Balaban J connectivity index is 0.00000126. The highest BCUT2D eigenvalue weighted by Crippen LogP contribution is 2.42. The van der Waals surface area contributed by atoms with Gasteiger partial charge in [0.2, 0.25) is 5.91 Å². The van der Waals surface area contributed by atoms with Gasteiger partial charge in [-0.15, -0.1) is 0 Å². The Morgan fingerprint density at radius 3 is 2.52 bits per heavy atom. The number of urea groups is 1. The fourth-order valence-corrected chi connectivity index (χ4v) is 5.02. The second kappa shape index (κ2) is 9.39. The van der Waals surface area contributed by atoms with Crippen LogP contribution in [0.5, 0.6) is 0 Å². The molecule has 1 saturated carbocycles. The molecule has 1 aliphatic carbocycles. The molecule has 2 aliphatic heterocycles. The van der Waals surface area contributed by atoms with E-state index in [0.29, 0.717) is 28.7 Å². The molecule has 9 heteroatoms. The van der Waals surface area contributed by atoms with Gasteiger partial charge in [0.25, 0.3) is 0 Å². The first-order valence-corrected chi connectivity index (χ1v) is 11.7. The third-order valence-electron chi connectivity index (χ3n) is 6.27. The van der Waals surface area contributed by atoms with Crippen LogP contribution in [-0.2, 0) is 9.53 Å². The van der Waals surface area contributed by atoms with Gasteiger partial charge < -0.3 is 4.74 Å². The van der Waals surface area contributed by atoms with Crippen LogP contribution in [0.2, 0.25) is 5.02 Å². The van der Waals surface area contributed by atoms with Gasteiger partial charge in [-0.25, -0.2) is 14.6 Å². The van der Waals surface area contributed by atoms with Crippen molar-refractivity contribution in [2.75, 3.05) is 23.0 Å². The van der Waals surface area contributed by atoms with Crippen molar-refractivity contribution in [2.45, 2.75) is 51.5 Å². The molecule has 0 bridgehead atoms. The number of ether oxygens (including phenoxy) is 1. The Morgan fingerprint density at radius 1 is 1.09 bits per heavy atom. The summed E-state index contributed by atoms with van der Waals surface area (Å²) < 4.78 is 5.35. The van der Waals surface area contributed by atoms with Gasteiger partial charge in [0, 0.05) is 30.3 Å². The number of halogens is 1. The number of hydrogen-bond acceptors (Lipinski definition) is 5. The lowest BCUT2D eigenvalue weighted by Crippen LogP contribution is -2.49. The zero-order valence-corrected chi connectivity index (χ0v) is 19.5. The maximum Gasteiger partial charge on any atom is 0.416 e. The van der Waals surface area contributed by atoms with Crippen LogP contribution < -0.4 is 15.1 Å². The summed E-state index contributed by atoms with van der Waals surface area (Å²) in [5, 5.41) is 2.71. The zero-order valence-electron chi connectivity index (χ0n) is 18.8. The molecular weight excluding hydrogens is 444 g/mol. The van der Waals surface area contributed by atoms with E-state index >= 15 is 0 Å². The summed E-state index contributed by atoms with van der Waals surface area (Å²) in [7, 11) is 0. The van der Waals surface area contributed by atoms with Crippen LogP contribution in [0.4, 0.5) is 21.1 Å². The van der Waals surface area contributed by atoms with E-state index < -0.39 is 6.03 Å². The molecule has 3 aliphatic rings. The Labute approximate surface area is 197 Å². The van der Waals surface area contributed by atoms with Crippen LogP contribution >= 0.6 is 11.6 Å². The van der Waals surface area contributed by atoms with E-state index in [-0.39, 0.29) is 30.5 Å². The summed E-state index contributed by atoms with van der Waals surface area (Å²) >= 11 is 6.65. The molecule has 4 amide bonds. The molecule has 33 heavy (non-hydrogen) atoms. The molecule has 1 aromatic heterocycles. The maximum atomic E-state index is 12.4. The Kier molecular flexibility index (Phi) is 6.56. The normalized spacial score (nSPS) is 19.3. The van der Waals surface area contributed by atoms with Crippen molar-refractivity contribution in [1.29, 1.82) is 0 Å². The molecule has 0 radical (unpaired) electrons. The minimum absolute atomic E-state index is 0.218. The van der Waals surface area contributed by atoms with E-state index in [1.54, 1.807) is 29.3 Å². The van der Waals surface area contributed by atoms with Crippen molar-refractivity contribution in [3.05, 3.63) is 41.6 Å². The number of anilines is 2. The molecule has 5 rings (SSSR count). The largest absolute Gasteiger partial charge is 0.447 e. The average Bonchev–Trinajstić information content (AvgIpc) is 3.43. The van der Waals surface area contributed by atoms with Gasteiger partial charge in [-0.1, -0.05) is 50.4 Å². The summed E-state index contributed by atoms with van der Waals surface area (Å²) in [6.07, 6.45) is 5.51. The molecule has 174 valence electrons. The number of amides is 4. The highest BCUT2D eigenvalue weighted by atomic mass is 35.5. The molecule has 8 nitrogen and oxygen atoms in total. The minimum atomic E-state index is -0.488. The molecule has 2 aromatic rings. The number of imide groups is 1. The van der Waals surface area contributed by atoms with E-state index in [2.05, 4.69) is 10.3 Å². The lowest BCUT2D eigenvalue weighted by Gasteiger charge is -2.30. The highest BCUT2D eigenvalue weighted by molar-refractivity contribution is 6.36. The quantitative estimate of drug-likeness (QED) is 0.670. The number of benzene rings is 1. The van der Waals surface area contributed by atoms with Crippen LogP contribution in [-0.4, -0.2) is 41.7 Å². The van der Waals surface area contributed by atoms with Gasteiger partial charge in [0.15, 0.2) is 0 Å². The van der Waals surface area contributed by atoms with Gasteiger partial charge in [-0.3, -0.25) is 19.9 Å². The first kappa shape index (κ1) is 23.0. The Morgan fingerprint density at radius 2 is 1.85 bits per heavy atom. The third-order valence-corrected chi connectivity index (χ3v) is 6.66. The maximum absolute atomic E-state index is 12.4. The number of nitrogens with zero attached hydrogens (tertiary/aromatic N) is 3. The molecule has 3 heterocycles. The minimum Gasteiger partial charge on any atom is -0.447 e. The molecular formula is C24H27ClN4O4. The Bertz CT molecular complexity index is 1070. The summed E-state index contributed by atoms with van der Waals surface area (Å²) in [6.45, 7) is 4.67. The SMILES string of the molecule is CC.O=C1CCN(c2cccc(-c3ccc(N4C(=O)OCC45CCCC5)nc3)c2Cl)C(=O)N1. The first-order valence-electron chi connectivity index (χ1n) is 11.3. The predicted molar refractivity (Wildman–Crippen MR) is 127 cm³/mol. The molecule has 1 spiro atoms. The topological polar surface area (TPSA) is 91.8 Å². The van der Waals surface area contributed by atoms with Crippen LogP contribution in [0.1, 0.15) is 46.0 Å². The lowest BCUT2D eigenvalue weighted by atomic mass is 9.97. The monoisotopic (exact) mass is 470 g/mol. The third kappa shape index (κ3) is 4.15. The van der Waals surface area contributed by atoms with E-state index in [9.17, 15) is 14.4 Å². The fraction of sp³-hybridized carbons (Fsp3) is 0.417. The molecule has 3 fully saturated rings. The van der Waals surface area contributed by atoms with Crippen molar-refractivity contribution >= 4 is 41.1 Å². The standard InChI is InChI=1S/C22H21ClN4O4.C2H6/c23-19-15(4-3-5-16(19)26-11-8-18(28)25-20(26)29)14-6-7-17(24-12-14)27-21(30)31-13-22(27)9-1-2-10-22;1-2/h3-7,12H,1-2,8-11,13H2,(H,25,28,29);1-2H3. The summed E-state index contributed by atoms with van der Waals surface area (Å²) in [6, 6.07) is 8.57. The molecule has 0 atom stereocenters. The van der Waals surface area contributed by atoms with Crippen molar-refractivity contribution in [3.63, 3.8) is 0 Å². The first-order chi connectivity index (χ1) is 16.0. The average molecular weight is 471 g/mol. The second-order valence-corrected chi connectivity index (χ2v) is 8.50. The van der Waals surface area contributed by atoms with Gasteiger partial charge in [-0.05, 0) is 31.0 Å². The van der Waals surface area contributed by atoms with Crippen LogP contribution in [0, 0.1) is 0 Å². The van der Waals surface area contributed by atoms with E-state index in [4.69, 9.17) is 16.3 Å². The summed E-state index contributed by atoms with van der Waals surface area (Å²) in [5.74, 6) is 0.267. The van der Waals surface area contributed by atoms with E-state index in [0.717, 1.165) is 31.2 Å².